The molecule has 1 aliphatic heterocycles. The Kier molecular flexibility index (Phi) is 5.92. The summed E-state index contributed by atoms with van der Waals surface area (Å²) in [6.45, 7) is 6.03. The molecule has 4 heteroatoms. The van der Waals surface area contributed by atoms with Gasteiger partial charge in [0.05, 0.1) is 12.8 Å². The van der Waals surface area contributed by atoms with E-state index in [1.54, 1.807) is 19.2 Å². The molecule has 1 saturated heterocycles. The van der Waals surface area contributed by atoms with Crippen molar-refractivity contribution >= 4 is 5.69 Å². The largest absolute Gasteiger partial charge is 0.497 e. The van der Waals surface area contributed by atoms with E-state index in [4.69, 9.17) is 4.74 Å². The van der Waals surface area contributed by atoms with Gasteiger partial charge in [-0.05, 0) is 49.6 Å². The van der Waals surface area contributed by atoms with Crippen LogP contribution in [-0.4, -0.2) is 44.2 Å². The second-order valence-electron chi connectivity index (χ2n) is 6.71. The Bertz CT molecular complexity index is 666. The van der Waals surface area contributed by atoms with Crippen LogP contribution in [-0.2, 0) is 6.42 Å². The molecule has 0 radical (unpaired) electrons. The predicted octanol–water partition coefficient (Wildman–Crippen LogP) is 3.98. The molecule has 134 valence electrons. The lowest BCUT2D eigenvalue weighted by atomic mass is 10.0. The third kappa shape index (κ3) is 4.51. The normalized spacial score (nSPS) is 16.7. The molecule has 1 fully saturated rings. The maximum Gasteiger partial charge on any atom is 0.146 e. The van der Waals surface area contributed by atoms with Crippen molar-refractivity contribution in [3.05, 3.63) is 59.9 Å². The summed E-state index contributed by atoms with van der Waals surface area (Å²) in [5.41, 5.74) is 2.07. The van der Waals surface area contributed by atoms with Crippen LogP contribution in [0.1, 0.15) is 18.9 Å². The zero-order valence-electron chi connectivity index (χ0n) is 15.1. The number of benzene rings is 2. The molecule has 0 spiro atoms. The van der Waals surface area contributed by atoms with Crippen LogP contribution in [0.25, 0.3) is 0 Å². The van der Waals surface area contributed by atoms with Crippen molar-refractivity contribution in [1.82, 2.24) is 4.90 Å². The Hall–Kier alpha value is -2.07. The first-order chi connectivity index (χ1) is 12.2. The fourth-order valence-electron chi connectivity index (χ4n) is 3.46. The number of nitrogens with zero attached hydrogens (tertiary/aromatic N) is 2. The maximum absolute atomic E-state index is 13.9. The van der Waals surface area contributed by atoms with Crippen LogP contribution >= 0.6 is 0 Å². The quantitative estimate of drug-likeness (QED) is 0.790. The number of aryl methyl sites for hydroxylation is 1. The summed E-state index contributed by atoms with van der Waals surface area (Å²) in [6.07, 6.45) is 2.20. The molecule has 1 unspecified atom stereocenters. The van der Waals surface area contributed by atoms with Gasteiger partial charge in [0.15, 0.2) is 0 Å². The summed E-state index contributed by atoms with van der Waals surface area (Å²) < 4.78 is 19.1. The highest BCUT2D eigenvalue weighted by molar-refractivity contribution is 5.48. The van der Waals surface area contributed by atoms with E-state index in [1.807, 2.05) is 24.3 Å². The molecule has 0 amide bonds. The summed E-state index contributed by atoms with van der Waals surface area (Å²) in [5.74, 6) is 0.782. The summed E-state index contributed by atoms with van der Waals surface area (Å²) >= 11 is 0. The Balaban J connectivity index is 1.48. The number of piperazine rings is 1. The smallest absolute Gasteiger partial charge is 0.146 e. The molecule has 1 aliphatic rings. The highest BCUT2D eigenvalue weighted by Crippen LogP contribution is 2.21. The molecular weight excluding hydrogens is 315 g/mol. The minimum atomic E-state index is -0.122. The molecule has 1 heterocycles. The van der Waals surface area contributed by atoms with E-state index < -0.39 is 0 Å². The van der Waals surface area contributed by atoms with Gasteiger partial charge >= 0.3 is 0 Å². The SMILES string of the molecule is COc1ccc(CCC(C)N2CCN(c3ccccc3F)CC2)cc1. The number of rotatable bonds is 6. The van der Waals surface area contributed by atoms with Gasteiger partial charge in [-0.15, -0.1) is 0 Å². The number of halogens is 1. The van der Waals surface area contributed by atoms with Gasteiger partial charge in [-0.3, -0.25) is 4.90 Å². The van der Waals surface area contributed by atoms with Crippen molar-refractivity contribution in [2.24, 2.45) is 0 Å². The van der Waals surface area contributed by atoms with E-state index >= 15 is 0 Å². The number of ether oxygens (including phenoxy) is 1. The second kappa shape index (κ2) is 8.34. The van der Waals surface area contributed by atoms with E-state index in [-0.39, 0.29) is 5.82 Å². The second-order valence-corrected chi connectivity index (χ2v) is 6.71. The summed E-state index contributed by atoms with van der Waals surface area (Å²) in [4.78, 5) is 4.67. The summed E-state index contributed by atoms with van der Waals surface area (Å²) in [7, 11) is 1.69. The molecule has 1 atom stereocenters. The van der Waals surface area contributed by atoms with Crippen molar-refractivity contribution in [2.75, 3.05) is 38.2 Å². The Morgan fingerprint density at radius 2 is 1.68 bits per heavy atom. The van der Waals surface area contributed by atoms with Gasteiger partial charge in [0, 0.05) is 32.2 Å². The molecular formula is C21H27FN2O. The average molecular weight is 342 g/mol. The van der Waals surface area contributed by atoms with Crippen molar-refractivity contribution < 1.29 is 9.13 Å². The van der Waals surface area contributed by atoms with Crippen LogP contribution in [0.3, 0.4) is 0 Å². The monoisotopic (exact) mass is 342 g/mol. The fourth-order valence-corrected chi connectivity index (χ4v) is 3.46. The van der Waals surface area contributed by atoms with E-state index in [1.165, 1.54) is 5.56 Å². The molecule has 0 saturated carbocycles. The van der Waals surface area contributed by atoms with E-state index in [0.29, 0.717) is 6.04 Å². The Labute approximate surface area is 150 Å². The molecule has 2 aromatic rings. The van der Waals surface area contributed by atoms with E-state index in [9.17, 15) is 4.39 Å². The number of hydrogen-bond donors (Lipinski definition) is 0. The van der Waals surface area contributed by atoms with Crippen LogP contribution in [0.5, 0.6) is 5.75 Å². The number of methoxy groups -OCH3 is 1. The van der Waals surface area contributed by atoms with Gasteiger partial charge < -0.3 is 9.64 Å². The molecule has 0 bridgehead atoms. The highest BCUT2D eigenvalue weighted by Gasteiger charge is 2.22. The first-order valence-corrected chi connectivity index (χ1v) is 9.04. The highest BCUT2D eigenvalue weighted by atomic mass is 19.1. The van der Waals surface area contributed by atoms with Crippen LogP contribution in [0, 0.1) is 5.82 Å². The van der Waals surface area contributed by atoms with Gasteiger partial charge in [0.25, 0.3) is 0 Å². The van der Waals surface area contributed by atoms with Gasteiger partial charge in [-0.2, -0.15) is 0 Å². The number of hydrogen-bond acceptors (Lipinski definition) is 3. The number of anilines is 1. The molecule has 2 aromatic carbocycles. The molecule has 25 heavy (non-hydrogen) atoms. The van der Waals surface area contributed by atoms with Crippen LogP contribution in [0.15, 0.2) is 48.5 Å². The van der Waals surface area contributed by atoms with Crippen LogP contribution in [0.2, 0.25) is 0 Å². The van der Waals surface area contributed by atoms with Crippen molar-refractivity contribution in [3.8, 4) is 5.75 Å². The zero-order valence-corrected chi connectivity index (χ0v) is 15.1. The third-order valence-electron chi connectivity index (χ3n) is 5.14. The first kappa shape index (κ1) is 17.7. The van der Waals surface area contributed by atoms with E-state index in [2.05, 4.69) is 28.9 Å². The minimum absolute atomic E-state index is 0.122. The van der Waals surface area contributed by atoms with Gasteiger partial charge in [0.2, 0.25) is 0 Å². The van der Waals surface area contributed by atoms with Gasteiger partial charge in [-0.1, -0.05) is 24.3 Å². The van der Waals surface area contributed by atoms with Crippen molar-refractivity contribution in [1.29, 1.82) is 0 Å². The lowest BCUT2D eigenvalue weighted by molar-refractivity contribution is 0.188. The lowest BCUT2D eigenvalue weighted by Crippen LogP contribution is -2.50. The summed E-state index contributed by atoms with van der Waals surface area (Å²) in [6, 6.07) is 15.9. The third-order valence-corrected chi connectivity index (χ3v) is 5.14. The van der Waals surface area contributed by atoms with Gasteiger partial charge in [-0.25, -0.2) is 4.39 Å². The Morgan fingerprint density at radius 3 is 2.32 bits per heavy atom. The molecule has 3 nitrogen and oxygen atoms in total. The molecule has 0 aromatic heterocycles. The maximum atomic E-state index is 13.9. The summed E-state index contributed by atoms with van der Waals surface area (Å²) in [5, 5.41) is 0. The first-order valence-electron chi connectivity index (χ1n) is 9.04. The van der Waals surface area contributed by atoms with Crippen LogP contribution < -0.4 is 9.64 Å². The molecule has 0 N–H and O–H groups in total. The topological polar surface area (TPSA) is 15.7 Å². The van der Waals surface area contributed by atoms with Crippen LogP contribution in [0.4, 0.5) is 10.1 Å². The molecule has 0 aliphatic carbocycles. The standard InChI is InChI=1S/C21H27FN2O/c1-17(7-8-18-9-11-19(25-2)12-10-18)23-13-15-24(16-14-23)21-6-4-3-5-20(21)22/h3-6,9-12,17H,7-8,13-16H2,1-2H3. The van der Waals surface area contributed by atoms with Crippen molar-refractivity contribution in [2.45, 2.75) is 25.8 Å². The Morgan fingerprint density at radius 1 is 1.00 bits per heavy atom. The van der Waals surface area contributed by atoms with Gasteiger partial charge in [0.1, 0.15) is 11.6 Å². The molecule has 3 rings (SSSR count). The zero-order chi connectivity index (χ0) is 17.6. The fraction of sp³-hybridized carbons (Fsp3) is 0.429. The average Bonchev–Trinajstić information content (AvgIpc) is 2.67. The minimum Gasteiger partial charge on any atom is -0.497 e. The van der Waals surface area contributed by atoms with E-state index in [0.717, 1.165) is 50.5 Å². The van der Waals surface area contributed by atoms with Crippen molar-refractivity contribution in [3.63, 3.8) is 0 Å². The lowest BCUT2D eigenvalue weighted by Gasteiger charge is -2.39. The predicted molar refractivity (Wildman–Crippen MR) is 101 cm³/mol. The number of para-hydroxylation sites is 1.